The molecule has 3 aromatic rings. The highest BCUT2D eigenvalue weighted by molar-refractivity contribution is 5.84. The van der Waals surface area contributed by atoms with E-state index in [-0.39, 0.29) is 6.29 Å². The van der Waals surface area contributed by atoms with E-state index in [1.165, 1.54) is 17.4 Å². The van der Waals surface area contributed by atoms with Crippen LogP contribution in [0.25, 0.3) is 22.2 Å². The van der Waals surface area contributed by atoms with Crippen molar-refractivity contribution in [1.29, 1.82) is 0 Å². The minimum absolute atomic E-state index is 0.0450. The molecule has 1 fully saturated rings. The summed E-state index contributed by atoms with van der Waals surface area (Å²) in [5.41, 5.74) is 4.39. The Morgan fingerprint density at radius 2 is 2.28 bits per heavy atom. The summed E-state index contributed by atoms with van der Waals surface area (Å²) in [4.78, 5) is 7.75. The van der Waals surface area contributed by atoms with Gasteiger partial charge in [-0.05, 0) is 37.3 Å². The van der Waals surface area contributed by atoms with Crippen LogP contribution in [-0.4, -0.2) is 39.3 Å². The van der Waals surface area contributed by atoms with Gasteiger partial charge in [0.15, 0.2) is 6.29 Å². The van der Waals surface area contributed by atoms with Crippen LogP contribution < -0.4 is 0 Å². The van der Waals surface area contributed by atoms with Gasteiger partial charge in [0.05, 0.1) is 19.3 Å². The predicted octanol–water partition coefficient (Wildman–Crippen LogP) is 3.53. The zero-order valence-electron chi connectivity index (χ0n) is 14.6. The Hall–Kier alpha value is -2.18. The van der Waals surface area contributed by atoms with Gasteiger partial charge in [0.1, 0.15) is 5.65 Å². The number of pyridine rings is 1. The van der Waals surface area contributed by atoms with Crippen LogP contribution in [0.15, 0.2) is 30.9 Å². The molecule has 1 atom stereocenters. The van der Waals surface area contributed by atoms with Crippen molar-refractivity contribution in [2.75, 3.05) is 13.2 Å². The number of aromatic nitrogens is 4. The van der Waals surface area contributed by atoms with Crippen molar-refractivity contribution in [3.63, 3.8) is 0 Å². The molecule has 6 nitrogen and oxygen atoms in total. The first-order valence-corrected chi connectivity index (χ1v) is 9.05. The lowest BCUT2D eigenvalue weighted by Crippen LogP contribution is -2.24. The van der Waals surface area contributed by atoms with Crippen LogP contribution in [0.1, 0.15) is 31.7 Å². The molecule has 1 aliphatic rings. The summed E-state index contributed by atoms with van der Waals surface area (Å²) in [6.45, 7) is 4.30. The van der Waals surface area contributed by atoms with Gasteiger partial charge in [0, 0.05) is 41.7 Å². The molecule has 1 N–H and O–H groups in total. The lowest BCUT2D eigenvalue weighted by molar-refractivity contribution is -0.163. The fourth-order valence-corrected chi connectivity index (χ4v) is 3.26. The first-order chi connectivity index (χ1) is 12.3. The molecule has 0 spiro atoms. The standard InChI is InChI=1S/C19H24N4O2/c1-2-14-10-20-19-17(14)9-15(11-21-19)16-12-22-23(13-16)6-8-25-18-5-3-4-7-24-18/h9-13,18H,2-8H2,1H3,(H,20,21). The molecule has 25 heavy (non-hydrogen) atoms. The second-order valence-corrected chi connectivity index (χ2v) is 6.45. The molecule has 0 aromatic carbocycles. The number of fused-ring (bicyclic) bond motifs is 1. The SMILES string of the molecule is CCc1c[nH]c2ncc(-c3cnn(CCOC4CCCCO4)c3)cc12. The molecule has 4 rings (SSSR count). The molecule has 0 amide bonds. The normalized spacial score (nSPS) is 18.0. The first kappa shape index (κ1) is 16.3. The molecule has 0 bridgehead atoms. The van der Waals surface area contributed by atoms with Crippen molar-refractivity contribution in [2.45, 2.75) is 45.4 Å². The zero-order valence-corrected chi connectivity index (χ0v) is 14.6. The topological polar surface area (TPSA) is 65.0 Å². The fourth-order valence-electron chi connectivity index (χ4n) is 3.26. The van der Waals surface area contributed by atoms with Crippen molar-refractivity contribution in [3.05, 3.63) is 36.4 Å². The van der Waals surface area contributed by atoms with Crippen molar-refractivity contribution in [2.24, 2.45) is 0 Å². The minimum Gasteiger partial charge on any atom is -0.353 e. The second kappa shape index (κ2) is 7.37. The second-order valence-electron chi connectivity index (χ2n) is 6.45. The van der Waals surface area contributed by atoms with Crippen LogP contribution in [0, 0.1) is 0 Å². The first-order valence-electron chi connectivity index (χ1n) is 9.05. The molecule has 0 saturated carbocycles. The van der Waals surface area contributed by atoms with Crippen LogP contribution >= 0.6 is 0 Å². The maximum Gasteiger partial charge on any atom is 0.157 e. The van der Waals surface area contributed by atoms with Crippen LogP contribution in [-0.2, 0) is 22.4 Å². The van der Waals surface area contributed by atoms with Gasteiger partial charge in [-0.2, -0.15) is 5.10 Å². The molecule has 0 aliphatic carbocycles. The molecule has 3 aromatic heterocycles. The maximum absolute atomic E-state index is 5.78. The molecule has 132 valence electrons. The Morgan fingerprint density at radius 3 is 3.12 bits per heavy atom. The van der Waals surface area contributed by atoms with E-state index in [4.69, 9.17) is 9.47 Å². The van der Waals surface area contributed by atoms with E-state index in [9.17, 15) is 0 Å². The molecule has 1 saturated heterocycles. The number of hydrogen-bond donors (Lipinski definition) is 1. The summed E-state index contributed by atoms with van der Waals surface area (Å²) in [7, 11) is 0. The van der Waals surface area contributed by atoms with Crippen molar-refractivity contribution in [1.82, 2.24) is 19.7 Å². The predicted molar refractivity (Wildman–Crippen MR) is 96.2 cm³/mol. The number of aryl methyl sites for hydroxylation is 1. The van der Waals surface area contributed by atoms with E-state index < -0.39 is 0 Å². The number of H-pyrrole nitrogens is 1. The molecule has 0 radical (unpaired) electrons. The Balaban J connectivity index is 1.42. The summed E-state index contributed by atoms with van der Waals surface area (Å²) in [6.07, 6.45) is 12.1. The molecular formula is C19H24N4O2. The molecule has 4 heterocycles. The van der Waals surface area contributed by atoms with Gasteiger partial charge in [-0.15, -0.1) is 0 Å². The number of hydrogen-bond acceptors (Lipinski definition) is 4. The minimum atomic E-state index is -0.0450. The Bertz CT molecular complexity index is 833. The quantitative estimate of drug-likeness (QED) is 0.745. The lowest BCUT2D eigenvalue weighted by atomic mass is 10.1. The average molecular weight is 340 g/mol. The maximum atomic E-state index is 5.78. The van der Waals surface area contributed by atoms with Crippen molar-refractivity contribution >= 4 is 11.0 Å². The molecule has 1 unspecified atom stereocenters. The lowest BCUT2D eigenvalue weighted by Gasteiger charge is -2.22. The third kappa shape index (κ3) is 3.60. The highest BCUT2D eigenvalue weighted by atomic mass is 16.7. The Kier molecular flexibility index (Phi) is 4.81. The summed E-state index contributed by atoms with van der Waals surface area (Å²) in [5.74, 6) is 0. The van der Waals surface area contributed by atoms with Gasteiger partial charge in [-0.1, -0.05) is 6.92 Å². The number of rotatable bonds is 6. The van der Waals surface area contributed by atoms with Gasteiger partial charge < -0.3 is 14.5 Å². The number of aromatic amines is 1. The van der Waals surface area contributed by atoms with E-state index in [1.807, 2.05) is 29.5 Å². The van der Waals surface area contributed by atoms with E-state index in [1.54, 1.807) is 0 Å². The monoisotopic (exact) mass is 340 g/mol. The number of ether oxygens (including phenoxy) is 2. The van der Waals surface area contributed by atoms with Crippen LogP contribution in [0.2, 0.25) is 0 Å². The summed E-state index contributed by atoms with van der Waals surface area (Å²) in [6, 6.07) is 2.19. The zero-order chi connectivity index (χ0) is 17.1. The molecular weight excluding hydrogens is 316 g/mol. The van der Waals surface area contributed by atoms with Crippen LogP contribution in [0.4, 0.5) is 0 Å². The van der Waals surface area contributed by atoms with Crippen molar-refractivity contribution in [3.8, 4) is 11.1 Å². The third-order valence-electron chi connectivity index (χ3n) is 4.73. The largest absolute Gasteiger partial charge is 0.353 e. The van der Waals surface area contributed by atoms with E-state index in [2.05, 4.69) is 28.1 Å². The van der Waals surface area contributed by atoms with Gasteiger partial charge in [0.2, 0.25) is 0 Å². The summed E-state index contributed by atoms with van der Waals surface area (Å²) >= 11 is 0. The van der Waals surface area contributed by atoms with E-state index >= 15 is 0 Å². The fraction of sp³-hybridized carbons (Fsp3) is 0.474. The van der Waals surface area contributed by atoms with Crippen LogP contribution in [0.3, 0.4) is 0 Å². The summed E-state index contributed by atoms with van der Waals surface area (Å²) < 4.78 is 13.3. The third-order valence-corrected chi connectivity index (χ3v) is 4.73. The van der Waals surface area contributed by atoms with Crippen molar-refractivity contribution < 1.29 is 9.47 Å². The molecule has 6 heteroatoms. The highest BCUT2D eigenvalue weighted by Gasteiger charge is 2.14. The molecule has 1 aliphatic heterocycles. The van der Waals surface area contributed by atoms with E-state index in [0.717, 1.165) is 49.2 Å². The van der Waals surface area contributed by atoms with Gasteiger partial charge in [-0.3, -0.25) is 4.68 Å². The summed E-state index contributed by atoms with van der Waals surface area (Å²) in [5, 5.41) is 5.63. The average Bonchev–Trinajstić information content (AvgIpc) is 3.28. The Morgan fingerprint density at radius 1 is 1.32 bits per heavy atom. The van der Waals surface area contributed by atoms with Gasteiger partial charge in [0.25, 0.3) is 0 Å². The Labute approximate surface area is 147 Å². The number of nitrogens with zero attached hydrogens (tertiary/aromatic N) is 3. The highest BCUT2D eigenvalue weighted by Crippen LogP contribution is 2.24. The van der Waals surface area contributed by atoms with E-state index in [0.29, 0.717) is 6.61 Å². The number of nitrogens with one attached hydrogen (secondary N) is 1. The smallest absolute Gasteiger partial charge is 0.157 e. The van der Waals surface area contributed by atoms with Gasteiger partial charge in [-0.25, -0.2) is 4.98 Å². The van der Waals surface area contributed by atoms with Crippen LogP contribution in [0.5, 0.6) is 0 Å². The van der Waals surface area contributed by atoms with Gasteiger partial charge >= 0.3 is 0 Å².